The van der Waals surface area contributed by atoms with Gasteiger partial charge in [0.05, 0.1) is 5.56 Å². The molecule has 1 aromatic carbocycles. The summed E-state index contributed by atoms with van der Waals surface area (Å²) in [5.41, 5.74) is 0.776. The van der Waals surface area contributed by atoms with Crippen LogP contribution in [0.15, 0.2) is 18.2 Å². The van der Waals surface area contributed by atoms with Crippen LogP contribution in [-0.2, 0) is 6.54 Å². The first-order chi connectivity index (χ1) is 10.1. The van der Waals surface area contributed by atoms with E-state index < -0.39 is 11.8 Å². The topological polar surface area (TPSA) is 43.8 Å². The zero-order valence-electron chi connectivity index (χ0n) is 12.1. The second-order valence-corrected chi connectivity index (χ2v) is 6.07. The highest BCUT2D eigenvalue weighted by molar-refractivity contribution is 5.87. The van der Waals surface area contributed by atoms with E-state index in [1.165, 1.54) is 31.9 Å². The molecule has 1 N–H and O–H groups in total. The van der Waals surface area contributed by atoms with Crippen molar-refractivity contribution in [1.82, 2.24) is 9.80 Å². The highest BCUT2D eigenvalue weighted by atomic mass is 19.1. The molecule has 1 aromatic rings. The van der Waals surface area contributed by atoms with E-state index >= 15 is 0 Å². The summed E-state index contributed by atoms with van der Waals surface area (Å²) in [4.78, 5) is 15.9. The molecule has 0 amide bonds. The molecule has 2 aliphatic heterocycles. The third kappa shape index (κ3) is 3.41. The zero-order valence-corrected chi connectivity index (χ0v) is 12.1. The number of hydrogen-bond donors (Lipinski definition) is 1. The molecule has 21 heavy (non-hydrogen) atoms. The minimum absolute atomic E-state index is 0.0290. The molecule has 5 heteroatoms. The van der Waals surface area contributed by atoms with E-state index in [2.05, 4.69) is 9.80 Å². The maximum Gasteiger partial charge on any atom is 0.335 e. The van der Waals surface area contributed by atoms with Gasteiger partial charge in [-0.05, 0) is 43.1 Å². The van der Waals surface area contributed by atoms with Crippen molar-refractivity contribution < 1.29 is 14.3 Å². The van der Waals surface area contributed by atoms with Crippen molar-refractivity contribution in [1.29, 1.82) is 0 Å². The van der Waals surface area contributed by atoms with Crippen LogP contribution in [0.1, 0.15) is 35.2 Å². The summed E-state index contributed by atoms with van der Waals surface area (Å²) in [6.07, 6.45) is 3.82. The van der Waals surface area contributed by atoms with E-state index in [9.17, 15) is 9.18 Å². The van der Waals surface area contributed by atoms with Gasteiger partial charge in [0.25, 0.3) is 0 Å². The van der Waals surface area contributed by atoms with Gasteiger partial charge in [0.15, 0.2) is 0 Å². The number of carboxylic acid groups (broad SMARTS) is 1. The number of benzene rings is 1. The predicted molar refractivity (Wildman–Crippen MR) is 77.8 cm³/mol. The molecule has 0 spiro atoms. The highest BCUT2D eigenvalue weighted by Crippen LogP contribution is 2.22. The normalized spacial score (nSPS) is 23.8. The number of fused-ring (bicyclic) bond motifs is 1. The van der Waals surface area contributed by atoms with Gasteiger partial charge in [-0.2, -0.15) is 0 Å². The molecule has 2 heterocycles. The Morgan fingerprint density at radius 3 is 2.90 bits per heavy atom. The zero-order chi connectivity index (χ0) is 14.8. The second-order valence-electron chi connectivity index (χ2n) is 6.07. The molecule has 114 valence electrons. The van der Waals surface area contributed by atoms with Crippen LogP contribution in [0.3, 0.4) is 0 Å². The lowest BCUT2D eigenvalue weighted by molar-refractivity contribution is 0.0456. The summed E-state index contributed by atoms with van der Waals surface area (Å²) in [5, 5.41) is 9.01. The number of piperidine rings is 1. The lowest BCUT2D eigenvalue weighted by Gasteiger charge is -2.44. The maximum absolute atomic E-state index is 13.5. The molecule has 0 bridgehead atoms. The molecular formula is C16H21FN2O2. The molecule has 0 aliphatic carbocycles. The average Bonchev–Trinajstić information content (AvgIpc) is 2.46. The lowest BCUT2D eigenvalue weighted by Crippen LogP contribution is -2.54. The van der Waals surface area contributed by atoms with Gasteiger partial charge in [-0.15, -0.1) is 0 Å². The lowest BCUT2D eigenvalue weighted by atomic mass is 9.99. The van der Waals surface area contributed by atoms with Gasteiger partial charge in [-0.1, -0.05) is 6.42 Å². The van der Waals surface area contributed by atoms with E-state index in [1.54, 1.807) is 6.07 Å². The molecule has 4 nitrogen and oxygen atoms in total. The van der Waals surface area contributed by atoms with Crippen LogP contribution >= 0.6 is 0 Å². The fourth-order valence-corrected chi connectivity index (χ4v) is 3.49. The number of halogens is 1. The van der Waals surface area contributed by atoms with E-state index in [-0.39, 0.29) is 5.56 Å². The third-order valence-corrected chi connectivity index (χ3v) is 4.53. The van der Waals surface area contributed by atoms with Gasteiger partial charge in [-0.3, -0.25) is 9.80 Å². The Morgan fingerprint density at radius 1 is 1.24 bits per heavy atom. The van der Waals surface area contributed by atoms with E-state index in [4.69, 9.17) is 5.11 Å². The van der Waals surface area contributed by atoms with Crippen LogP contribution in [0.2, 0.25) is 0 Å². The quantitative estimate of drug-likeness (QED) is 0.927. The summed E-state index contributed by atoms with van der Waals surface area (Å²) < 4.78 is 13.5. The van der Waals surface area contributed by atoms with Gasteiger partial charge >= 0.3 is 5.97 Å². The Hall–Kier alpha value is -1.46. The number of hydrogen-bond acceptors (Lipinski definition) is 3. The number of carboxylic acids is 1. The molecule has 2 aliphatic rings. The van der Waals surface area contributed by atoms with Gasteiger partial charge in [0.1, 0.15) is 5.82 Å². The fraction of sp³-hybridized carbons (Fsp3) is 0.562. The van der Waals surface area contributed by atoms with Gasteiger partial charge in [0, 0.05) is 32.2 Å². The molecule has 1 atom stereocenters. The standard InChI is InChI=1S/C16H21FN2O2/c17-14-8-12(7-13(9-14)16(20)21)10-18-5-6-19-4-2-1-3-15(19)11-18/h7-9,15H,1-6,10-11H2,(H,20,21). The summed E-state index contributed by atoms with van der Waals surface area (Å²) >= 11 is 0. The van der Waals surface area contributed by atoms with Crippen LogP contribution in [0.4, 0.5) is 4.39 Å². The Bertz CT molecular complexity index is 535. The van der Waals surface area contributed by atoms with Crippen LogP contribution < -0.4 is 0 Å². The fourth-order valence-electron chi connectivity index (χ4n) is 3.49. The number of nitrogens with zero attached hydrogens (tertiary/aromatic N) is 2. The maximum atomic E-state index is 13.5. The molecular weight excluding hydrogens is 271 g/mol. The van der Waals surface area contributed by atoms with Gasteiger partial charge in [-0.25, -0.2) is 9.18 Å². The van der Waals surface area contributed by atoms with Crippen molar-refractivity contribution in [3.05, 3.63) is 35.1 Å². The molecule has 0 radical (unpaired) electrons. The molecule has 0 aromatic heterocycles. The molecule has 3 rings (SSSR count). The van der Waals surface area contributed by atoms with Crippen molar-refractivity contribution >= 4 is 5.97 Å². The van der Waals surface area contributed by atoms with Crippen LogP contribution in [0, 0.1) is 5.82 Å². The van der Waals surface area contributed by atoms with Crippen molar-refractivity contribution in [3.8, 4) is 0 Å². The first-order valence-corrected chi connectivity index (χ1v) is 7.61. The van der Waals surface area contributed by atoms with Crippen LogP contribution in [0.25, 0.3) is 0 Å². The van der Waals surface area contributed by atoms with E-state index in [0.29, 0.717) is 12.6 Å². The number of rotatable bonds is 3. The van der Waals surface area contributed by atoms with Crippen molar-refractivity contribution in [2.75, 3.05) is 26.2 Å². The third-order valence-electron chi connectivity index (χ3n) is 4.53. The monoisotopic (exact) mass is 292 g/mol. The number of carbonyl (C=O) groups is 1. The highest BCUT2D eigenvalue weighted by Gasteiger charge is 2.28. The predicted octanol–water partition coefficient (Wildman–Crippen LogP) is 2.19. The summed E-state index contributed by atoms with van der Waals surface area (Å²) in [5.74, 6) is -1.55. The first kappa shape index (κ1) is 14.5. The van der Waals surface area contributed by atoms with Crippen molar-refractivity contribution in [2.45, 2.75) is 31.8 Å². The van der Waals surface area contributed by atoms with E-state index in [0.717, 1.165) is 31.3 Å². The van der Waals surface area contributed by atoms with Gasteiger partial charge in [0.2, 0.25) is 0 Å². The minimum Gasteiger partial charge on any atom is -0.478 e. The molecule has 1 unspecified atom stereocenters. The minimum atomic E-state index is -1.08. The Kier molecular flexibility index (Phi) is 4.22. The average molecular weight is 292 g/mol. The number of aromatic carboxylic acids is 1. The Balaban J connectivity index is 1.68. The van der Waals surface area contributed by atoms with E-state index in [1.807, 2.05) is 0 Å². The van der Waals surface area contributed by atoms with Crippen molar-refractivity contribution in [2.24, 2.45) is 0 Å². The largest absolute Gasteiger partial charge is 0.478 e. The van der Waals surface area contributed by atoms with Crippen molar-refractivity contribution in [3.63, 3.8) is 0 Å². The smallest absolute Gasteiger partial charge is 0.335 e. The molecule has 2 saturated heterocycles. The molecule has 2 fully saturated rings. The van der Waals surface area contributed by atoms with Gasteiger partial charge < -0.3 is 5.11 Å². The summed E-state index contributed by atoms with van der Waals surface area (Å²) in [7, 11) is 0. The van der Waals surface area contributed by atoms with Crippen LogP contribution in [-0.4, -0.2) is 53.1 Å². The number of piperazine rings is 1. The Labute approximate surface area is 124 Å². The first-order valence-electron chi connectivity index (χ1n) is 7.61. The molecule has 0 saturated carbocycles. The van der Waals surface area contributed by atoms with Crippen LogP contribution in [0.5, 0.6) is 0 Å². The second kappa shape index (κ2) is 6.12. The SMILES string of the molecule is O=C(O)c1cc(F)cc(CN2CCN3CCCCC3C2)c1. The summed E-state index contributed by atoms with van der Waals surface area (Å²) in [6, 6.07) is 4.71. The summed E-state index contributed by atoms with van der Waals surface area (Å²) in [6.45, 7) is 4.85. The Morgan fingerprint density at radius 2 is 2.10 bits per heavy atom.